The van der Waals surface area contributed by atoms with Gasteiger partial charge in [-0.3, -0.25) is 0 Å². The zero-order valence-electron chi connectivity index (χ0n) is 11.1. The van der Waals surface area contributed by atoms with Gasteiger partial charge in [0.15, 0.2) is 0 Å². The van der Waals surface area contributed by atoms with E-state index < -0.39 is 0 Å². The molecule has 0 aliphatic carbocycles. The van der Waals surface area contributed by atoms with Crippen LogP contribution in [0.4, 0.5) is 0 Å². The Hall–Kier alpha value is -1.26. The highest BCUT2D eigenvalue weighted by Crippen LogP contribution is 2.26. The fraction of sp³-hybridized carbons (Fsp3) is 0.571. The first-order chi connectivity index (χ1) is 8.83. The lowest BCUT2D eigenvalue weighted by atomic mass is 10.1. The van der Waals surface area contributed by atoms with Crippen molar-refractivity contribution in [1.82, 2.24) is 5.32 Å². The molecule has 100 valence electrons. The van der Waals surface area contributed by atoms with Gasteiger partial charge in [-0.1, -0.05) is 0 Å². The molecular weight excluding hydrogens is 230 g/mol. The minimum atomic E-state index is 0.169. The normalized spacial score (nSPS) is 19.6. The summed E-state index contributed by atoms with van der Waals surface area (Å²) in [6.45, 7) is 2.30. The molecule has 0 amide bonds. The SMILES string of the molecule is CNCc1cc(OC)ccc1OC1CCCOC1. The summed E-state index contributed by atoms with van der Waals surface area (Å²) in [7, 11) is 3.60. The van der Waals surface area contributed by atoms with E-state index in [1.807, 2.05) is 25.2 Å². The monoisotopic (exact) mass is 251 g/mol. The van der Waals surface area contributed by atoms with Crippen LogP contribution in [-0.4, -0.2) is 33.5 Å². The van der Waals surface area contributed by atoms with Crippen molar-refractivity contribution >= 4 is 0 Å². The topological polar surface area (TPSA) is 39.7 Å². The first-order valence-corrected chi connectivity index (χ1v) is 6.39. The van der Waals surface area contributed by atoms with E-state index in [-0.39, 0.29) is 6.10 Å². The highest BCUT2D eigenvalue weighted by atomic mass is 16.5. The molecule has 0 bridgehead atoms. The minimum Gasteiger partial charge on any atom is -0.497 e. The van der Waals surface area contributed by atoms with Gasteiger partial charge in [0, 0.05) is 18.7 Å². The average molecular weight is 251 g/mol. The van der Waals surface area contributed by atoms with Crippen LogP contribution in [0.25, 0.3) is 0 Å². The van der Waals surface area contributed by atoms with Crippen molar-refractivity contribution in [3.63, 3.8) is 0 Å². The van der Waals surface area contributed by atoms with Gasteiger partial charge in [-0.25, -0.2) is 0 Å². The molecule has 1 saturated heterocycles. The van der Waals surface area contributed by atoms with Gasteiger partial charge in [0.05, 0.1) is 13.7 Å². The van der Waals surface area contributed by atoms with Crippen LogP contribution in [0.3, 0.4) is 0 Å². The number of hydrogen-bond donors (Lipinski definition) is 1. The Morgan fingerprint density at radius 1 is 1.44 bits per heavy atom. The second kappa shape index (κ2) is 6.61. The van der Waals surface area contributed by atoms with Crippen LogP contribution in [0.15, 0.2) is 18.2 Å². The molecule has 1 unspecified atom stereocenters. The molecule has 1 aliphatic heterocycles. The van der Waals surface area contributed by atoms with Gasteiger partial charge in [0.2, 0.25) is 0 Å². The van der Waals surface area contributed by atoms with Gasteiger partial charge < -0.3 is 19.5 Å². The Morgan fingerprint density at radius 3 is 3.00 bits per heavy atom. The largest absolute Gasteiger partial charge is 0.497 e. The minimum absolute atomic E-state index is 0.169. The third-order valence-electron chi connectivity index (χ3n) is 3.05. The molecule has 1 aromatic carbocycles. The van der Waals surface area contributed by atoms with Crippen molar-refractivity contribution in [2.75, 3.05) is 27.4 Å². The van der Waals surface area contributed by atoms with Crippen molar-refractivity contribution < 1.29 is 14.2 Å². The highest BCUT2D eigenvalue weighted by Gasteiger charge is 2.17. The van der Waals surface area contributed by atoms with Gasteiger partial charge in [0.1, 0.15) is 17.6 Å². The van der Waals surface area contributed by atoms with Crippen molar-refractivity contribution in [1.29, 1.82) is 0 Å². The maximum Gasteiger partial charge on any atom is 0.124 e. The zero-order valence-corrected chi connectivity index (χ0v) is 11.1. The molecule has 0 saturated carbocycles. The van der Waals surface area contributed by atoms with E-state index in [2.05, 4.69) is 5.32 Å². The van der Waals surface area contributed by atoms with E-state index in [1.54, 1.807) is 7.11 Å². The molecule has 0 radical (unpaired) electrons. The summed E-state index contributed by atoms with van der Waals surface area (Å²) in [4.78, 5) is 0. The number of hydrogen-bond acceptors (Lipinski definition) is 4. The lowest BCUT2D eigenvalue weighted by Gasteiger charge is -2.24. The fourth-order valence-electron chi connectivity index (χ4n) is 2.11. The van der Waals surface area contributed by atoms with E-state index in [9.17, 15) is 0 Å². The Kier molecular flexibility index (Phi) is 4.84. The Bertz CT molecular complexity index is 375. The number of rotatable bonds is 5. The first kappa shape index (κ1) is 13.2. The van der Waals surface area contributed by atoms with E-state index in [4.69, 9.17) is 14.2 Å². The maximum atomic E-state index is 6.02. The number of methoxy groups -OCH3 is 1. The molecule has 1 atom stereocenters. The van der Waals surface area contributed by atoms with Gasteiger partial charge in [-0.2, -0.15) is 0 Å². The van der Waals surface area contributed by atoms with Crippen LogP contribution >= 0.6 is 0 Å². The average Bonchev–Trinajstić information content (AvgIpc) is 2.42. The predicted molar refractivity (Wildman–Crippen MR) is 70.2 cm³/mol. The molecule has 0 spiro atoms. The number of nitrogens with one attached hydrogen (secondary N) is 1. The molecule has 1 fully saturated rings. The summed E-state index contributed by atoms with van der Waals surface area (Å²) >= 11 is 0. The van der Waals surface area contributed by atoms with Crippen molar-refractivity contribution in [2.24, 2.45) is 0 Å². The van der Waals surface area contributed by atoms with Crippen LogP contribution < -0.4 is 14.8 Å². The van der Waals surface area contributed by atoms with Gasteiger partial charge in [0.25, 0.3) is 0 Å². The van der Waals surface area contributed by atoms with E-state index in [1.165, 1.54) is 0 Å². The first-order valence-electron chi connectivity index (χ1n) is 6.39. The molecule has 1 aliphatic rings. The van der Waals surface area contributed by atoms with Gasteiger partial charge in [-0.15, -0.1) is 0 Å². The van der Waals surface area contributed by atoms with Crippen molar-refractivity contribution in [2.45, 2.75) is 25.5 Å². The van der Waals surface area contributed by atoms with Crippen LogP contribution in [0.5, 0.6) is 11.5 Å². The summed E-state index contributed by atoms with van der Waals surface area (Å²) < 4.78 is 16.7. The summed E-state index contributed by atoms with van der Waals surface area (Å²) in [6, 6.07) is 5.91. The summed E-state index contributed by atoms with van der Waals surface area (Å²) in [5.74, 6) is 1.77. The summed E-state index contributed by atoms with van der Waals surface area (Å²) in [5, 5.41) is 3.15. The Balaban J connectivity index is 2.09. The molecule has 18 heavy (non-hydrogen) atoms. The second-order valence-electron chi connectivity index (χ2n) is 4.46. The summed E-state index contributed by atoms with van der Waals surface area (Å²) in [6.07, 6.45) is 2.30. The van der Waals surface area contributed by atoms with E-state index in [0.717, 1.165) is 43.1 Å². The Labute approximate surface area is 108 Å². The molecule has 0 aromatic heterocycles. The van der Waals surface area contributed by atoms with Gasteiger partial charge >= 0.3 is 0 Å². The molecule has 4 heteroatoms. The molecule has 4 nitrogen and oxygen atoms in total. The molecule has 2 rings (SSSR count). The lowest BCUT2D eigenvalue weighted by molar-refractivity contribution is 0.00699. The van der Waals surface area contributed by atoms with Crippen LogP contribution in [0, 0.1) is 0 Å². The second-order valence-corrected chi connectivity index (χ2v) is 4.46. The third-order valence-corrected chi connectivity index (χ3v) is 3.05. The lowest BCUT2D eigenvalue weighted by Crippen LogP contribution is -2.28. The predicted octanol–water partition coefficient (Wildman–Crippen LogP) is 1.97. The van der Waals surface area contributed by atoms with Crippen LogP contribution in [0.1, 0.15) is 18.4 Å². The van der Waals surface area contributed by atoms with Crippen molar-refractivity contribution in [3.8, 4) is 11.5 Å². The van der Waals surface area contributed by atoms with E-state index in [0.29, 0.717) is 6.61 Å². The highest BCUT2D eigenvalue weighted by molar-refractivity contribution is 5.40. The molecule has 1 aromatic rings. The molecular formula is C14H21NO3. The molecule has 1 heterocycles. The number of ether oxygens (including phenoxy) is 3. The van der Waals surface area contributed by atoms with Crippen LogP contribution in [-0.2, 0) is 11.3 Å². The number of benzene rings is 1. The quantitative estimate of drug-likeness (QED) is 0.868. The van der Waals surface area contributed by atoms with Crippen molar-refractivity contribution in [3.05, 3.63) is 23.8 Å². The van der Waals surface area contributed by atoms with Crippen LogP contribution in [0.2, 0.25) is 0 Å². The fourth-order valence-corrected chi connectivity index (χ4v) is 2.11. The van der Waals surface area contributed by atoms with E-state index >= 15 is 0 Å². The standard InChI is InChI=1S/C14H21NO3/c1-15-9-11-8-12(16-2)5-6-14(11)18-13-4-3-7-17-10-13/h5-6,8,13,15H,3-4,7,9-10H2,1-2H3. The molecule has 1 N–H and O–H groups in total. The maximum absolute atomic E-state index is 6.02. The Morgan fingerprint density at radius 2 is 2.33 bits per heavy atom. The zero-order chi connectivity index (χ0) is 12.8. The summed E-state index contributed by atoms with van der Waals surface area (Å²) in [5.41, 5.74) is 1.11. The smallest absolute Gasteiger partial charge is 0.124 e. The van der Waals surface area contributed by atoms with Gasteiger partial charge in [-0.05, 0) is 38.1 Å². The third kappa shape index (κ3) is 3.37.